The normalized spacial score (nSPS) is 16.4. The van der Waals surface area contributed by atoms with E-state index < -0.39 is 16.1 Å². The Kier molecular flexibility index (Phi) is 6.82. The molecular formula is C25H28N2O2S2. The molecule has 0 N–H and O–H groups in total. The van der Waals surface area contributed by atoms with Crippen molar-refractivity contribution in [2.24, 2.45) is 4.40 Å². The number of nitrogens with zero attached hydrogens (tertiary/aromatic N) is 2. The van der Waals surface area contributed by atoms with E-state index in [9.17, 15) is 4.55 Å². The van der Waals surface area contributed by atoms with E-state index in [0.717, 1.165) is 43.1 Å². The summed E-state index contributed by atoms with van der Waals surface area (Å²) in [5, 5.41) is 2.11. The summed E-state index contributed by atoms with van der Waals surface area (Å²) in [5.41, 5.74) is 5.11. The maximum atomic E-state index is 12.9. The quantitative estimate of drug-likeness (QED) is 0.377. The summed E-state index contributed by atoms with van der Waals surface area (Å²) < 4.78 is 22.7. The third-order valence-electron chi connectivity index (χ3n) is 5.15. The van der Waals surface area contributed by atoms with E-state index in [1.807, 2.05) is 39.0 Å². The SMILES string of the molecule is CC(C)(C)[S+]([O-])/N=C(\c1ccc(N2CCOCC2)cc1)c1csc(-c2ccccc2)c1. The Morgan fingerprint density at radius 2 is 1.68 bits per heavy atom. The van der Waals surface area contributed by atoms with Crippen molar-refractivity contribution in [2.45, 2.75) is 25.5 Å². The third kappa shape index (κ3) is 5.39. The molecule has 0 saturated carbocycles. The fraction of sp³-hybridized carbons (Fsp3) is 0.320. The van der Waals surface area contributed by atoms with Crippen molar-refractivity contribution in [3.63, 3.8) is 0 Å². The number of anilines is 1. The Morgan fingerprint density at radius 1 is 1.00 bits per heavy atom. The molecule has 2 heterocycles. The van der Waals surface area contributed by atoms with Crippen LogP contribution in [-0.2, 0) is 16.1 Å². The lowest BCUT2D eigenvalue weighted by Gasteiger charge is -2.29. The monoisotopic (exact) mass is 452 g/mol. The highest BCUT2D eigenvalue weighted by molar-refractivity contribution is 7.91. The second kappa shape index (κ2) is 9.57. The minimum atomic E-state index is -1.35. The van der Waals surface area contributed by atoms with Gasteiger partial charge in [-0.05, 0) is 44.5 Å². The molecule has 6 heteroatoms. The van der Waals surface area contributed by atoms with Gasteiger partial charge in [0.2, 0.25) is 0 Å². The lowest BCUT2D eigenvalue weighted by atomic mass is 10.0. The van der Waals surface area contributed by atoms with E-state index in [1.54, 1.807) is 11.3 Å². The molecule has 4 nitrogen and oxygen atoms in total. The molecule has 2 aromatic carbocycles. The van der Waals surface area contributed by atoms with E-state index >= 15 is 0 Å². The molecule has 0 spiro atoms. The number of ether oxygens (including phenoxy) is 1. The van der Waals surface area contributed by atoms with Crippen molar-refractivity contribution in [2.75, 3.05) is 31.2 Å². The van der Waals surface area contributed by atoms with Crippen molar-refractivity contribution < 1.29 is 9.29 Å². The molecule has 1 fully saturated rings. The smallest absolute Gasteiger partial charge is 0.144 e. The van der Waals surface area contributed by atoms with Crippen molar-refractivity contribution in [1.29, 1.82) is 0 Å². The molecule has 1 saturated heterocycles. The van der Waals surface area contributed by atoms with Crippen LogP contribution in [0.25, 0.3) is 10.4 Å². The van der Waals surface area contributed by atoms with E-state index in [2.05, 4.69) is 52.7 Å². The first kappa shape index (κ1) is 22.1. The van der Waals surface area contributed by atoms with E-state index in [1.165, 1.54) is 16.1 Å². The number of hydrogen-bond donors (Lipinski definition) is 0. The molecule has 162 valence electrons. The van der Waals surface area contributed by atoms with E-state index in [4.69, 9.17) is 9.13 Å². The van der Waals surface area contributed by atoms with Crippen LogP contribution in [-0.4, -0.2) is 41.3 Å². The Labute approximate surface area is 191 Å². The van der Waals surface area contributed by atoms with Gasteiger partial charge in [-0.1, -0.05) is 46.9 Å². The Balaban J connectivity index is 1.68. The van der Waals surface area contributed by atoms with Crippen LogP contribution >= 0.6 is 11.3 Å². The van der Waals surface area contributed by atoms with Crippen molar-refractivity contribution in [1.82, 2.24) is 0 Å². The summed E-state index contributed by atoms with van der Waals surface area (Å²) in [6.07, 6.45) is 0. The first-order chi connectivity index (χ1) is 14.9. The maximum absolute atomic E-state index is 12.9. The molecule has 31 heavy (non-hydrogen) atoms. The van der Waals surface area contributed by atoms with Crippen molar-refractivity contribution >= 4 is 34.1 Å². The zero-order chi connectivity index (χ0) is 21.8. The highest BCUT2D eigenvalue weighted by Gasteiger charge is 2.28. The minimum Gasteiger partial charge on any atom is -0.591 e. The second-order valence-corrected chi connectivity index (χ2v) is 11.3. The van der Waals surface area contributed by atoms with Crippen LogP contribution in [0.15, 0.2) is 70.4 Å². The second-order valence-electron chi connectivity index (χ2n) is 8.51. The zero-order valence-corrected chi connectivity index (χ0v) is 19.8. The lowest BCUT2D eigenvalue weighted by molar-refractivity contribution is 0.122. The van der Waals surface area contributed by atoms with Crippen LogP contribution in [0.5, 0.6) is 0 Å². The maximum Gasteiger partial charge on any atom is 0.144 e. The molecule has 1 aromatic heterocycles. The van der Waals surface area contributed by atoms with Gasteiger partial charge in [0.1, 0.15) is 21.8 Å². The molecule has 4 rings (SSSR count). The standard InChI is InChI=1S/C25H28N2O2S2/c1-25(2,3)31(28)26-24(21-17-23(30-18-21)19-7-5-4-6-8-19)20-9-11-22(12-10-20)27-13-15-29-16-14-27/h4-12,17-18H,13-16H2,1-3H3/b26-24+. The third-order valence-corrected chi connectivity index (χ3v) is 7.52. The average molecular weight is 453 g/mol. The molecule has 1 atom stereocenters. The Morgan fingerprint density at radius 3 is 2.32 bits per heavy atom. The molecule has 0 aliphatic carbocycles. The zero-order valence-electron chi connectivity index (χ0n) is 18.2. The van der Waals surface area contributed by atoms with Gasteiger partial charge >= 0.3 is 0 Å². The van der Waals surface area contributed by atoms with Crippen LogP contribution in [0.3, 0.4) is 0 Å². The van der Waals surface area contributed by atoms with Crippen LogP contribution in [0.4, 0.5) is 5.69 Å². The van der Waals surface area contributed by atoms with Gasteiger partial charge in [0.25, 0.3) is 0 Å². The number of thiophene rings is 1. The lowest BCUT2D eigenvalue weighted by Crippen LogP contribution is -2.36. The minimum absolute atomic E-state index is 0.419. The molecule has 1 aliphatic heterocycles. The predicted octanol–water partition coefficient (Wildman–Crippen LogP) is 5.55. The molecule has 0 bridgehead atoms. The molecule has 3 aromatic rings. The molecule has 0 amide bonds. The number of rotatable bonds is 5. The number of hydrogen-bond acceptors (Lipinski definition) is 5. The van der Waals surface area contributed by atoms with Gasteiger partial charge in [-0.25, -0.2) is 0 Å². The highest BCUT2D eigenvalue weighted by Crippen LogP contribution is 2.30. The number of morpholine rings is 1. The van der Waals surface area contributed by atoms with Gasteiger partial charge in [-0.3, -0.25) is 0 Å². The summed E-state index contributed by atoms with van der Waals surface area (Å²) in [7, 11) is 0. The van der Waals surface area contributed by atoms with Crippen LogP contribution in [0.2, 0.25) is 0 Å². The Bertz CT molecular complexity index is 1020. The fourth-order valence-corrected chi connectivity index (χ4v) is 4.91. The van der Waals surface area contributed by atoms with Crippen LogP contribution in [0.1, 0.15) is 31.9 Å². The van der Waals surface area contributed by atoms with Gasteiger partial charge in [-0.2, -0.15) is 0 Å². The van der Waals surface area contributed by atoms with Crippen molar-refractivity contribution in [3.8, 4) is 10.4 Å². The highest BCUT2D eigenvalue weighted by atomic mass is 32.2. The molecule has 0 radical (unpaired) electrons. The summed E-state index contributed by atoms with van der Waals surface area (Å²) in [4.78, 5) is 3.50. The fourth-order valence-electron chi connectivity index (χ4n) is 3.36. The summed E-state index contributed by atoms with van der Waals surface area (Å²) >= 11 is 0.337. The average Bonchev–Trinajstić information content (AvgIpc) is 3.28. The van der Waals surface area contributed by atoms with Gasteiger partial charge in [0.05, 0.1) is 13.2 Å². The molecular weight excluding hydrogens is 424 g/mol. The first-order valence-corrected chi connectivity index (χ1v) is 12.5. The predicted molar refractivity (Wildman–Crippen MR) is 133 cm³/mol. The summed E-state index contributed by atoms with van der Waals surface area (Å²) in [6.45, 7) is 9.18. The first-order valence-electron chi connectivity index (χ1n) is 10.5. The Hall–Kier alpha value is -2.12. The van der Waals surface area contributed by atoms with Crippen LogP contribution < -0.4 is 4.90 Å². The van der Waals surface area contributed by atoms with Gasteiger partial charge in [-0.15, -0.1) is 11.3 Å². The molecule has 1 aliphatic rings. The van der Waals surface area contributed by atoms with Gasteiger partial charge < -0.3 is 14.2 Å². The van der Waals surface area contributed by atoms with Gasteiger partial charge in [0.15, 0.2) is 0 Å². The topological polar surface area (TPSA) is 47.9 Å². The van der Waals surface area contributed by atoms with Crippen LogP contribution in [0, 0.1) is 0 Å². The number of benzene rings is 2. The summed E-state index contributed by atoms with van der Waals surface area (Å²) in [5.74, 6) is 0. The largest absolute Gasteiger partial charge is 0.591 e. The molecule has 1 unspecified atom stereocenters. The summed E-state index contributed by atoms with van der Waals surface area (Å²) in [6, 6.07) is 20.9. The van der Waals surface area contributed by atoms with Gasteiger partial charge in [0, 0.05) is 40.2 Å². The van der Waals surface area contributed by atoms with E-state index in [0.29, 0.717) is 0 Å². The van der Waals surface area contributed by atoms with E-state index in [-0.39, 0.29) is 0 Å². The van der Waals surface area contributed by atoms with Crippen molar-refractivity contribution in [3.05, 3.63) is 77.2 Å².